The maximum absolute atomic E-state index is 11.7. The molecule has 0 aliphatic heterocycles. The second-order valence-electron chi connectivity index (χ2n) is 6.88. The summed E-state index contributed by atoms with van der Waals surface area (Å²) in [5.74, 6) is 1.17. The van der Waals surface area contributed by atoms with Gasteiger partial charge in [0.1, 0.15) is 0 Å². The summed E-state index contributed by atoms with van der Waals surface area (Å²) in [5, 5.41) is 20.7. The van der Waals surface area contributed by atoms with E-state index in [4.69, 9.17) is 0 Å². The van der Waals surface area contributed by atoms with Crippen LogP contribution in [0.25, 0.3) is 22.5 Å². The zero-order valence-corrected chi connectivity index (χ0v) is 17.3. The van der Waals surface area contributed by atoms with Gasteiger partial charge in [-0.2, -0.15) is 17.8 Å². The third-order valence-corrected chi connectivity index (χ3v) is 5.21. The van der Waals surface area contributed by atoms with E-state index in [1.54, 1.807) is 0 Å². The molecule has 0 saturated heterocycles. The van der Waals surface area contributed by atoms with Crippen molar-refractivity contribution < 1.29 is 4.79 Å². The quantitative estimate of drug-likeness (QED) is 0.304. The lowest BCUT2D eigenvalue weighted by Crippen LogP contribution is -2.32. The number of rotatable bonds is 10. The summed E-state index contributed by atoms with van der Waals surface area (Å²) in [4.78, 5) is 11.7. The van der Waals surface area contributed by atoms with Gasteiger partial charge in [0, 0.05) is 30.3 Å². The SMILES string of the molecule is C[C@H](CS)C(=O)NCCCNCc1ccc(-c2ccccc2-c2nn[nH]n2)cc1. The van der Waals surface area contributed by atoms with Crippen LogP contribution in [0.5, 0.6) is 0 Å². The molecule has 0 saturated carbocycles. The van der Waals surface area contributed by atoms with Crippen LogP contribution in [0.3, 0.4) is 0 Å². The van der Waals surface area contributed by atoms with Crippen LogP contribution >= 0.6 is 12.6 Å². The third kappa shape index (κ3) is 5.88. The summed E-state index contributed by atoms with van der Waals surface area (Å²) in [6.07, 6.45) is 0.890. The van der Waals surface area contributed by atoms with Gasteiger partial charge in [-0.1, -0.05) is 55.5 Å². The Labute approximate surface area is 176 Å². The fraction of sp³-hybridized carbons (Fsp3) is 0.333. The highest BCUT2D eigenvalue weighted by Crippen LogP contribution is 2.29. The summed E-state index contributed by atoms with van der Waals surface area (Å²) >= 11 is 4.14. The van der Waals surface area contributed by atoms with Crippen molar-refractivity contribution in [3.63, 3.8) is 0 Å². The zero-order valence-electron chi connectivity index (χ0n) is 16.4. The number of nitrogens with one attached hydrogen (secondary N) is 3. The van der Waals surface area contributed by atoms with Gasteiger partial charge in [0.25, 0.3) is 0 Å². The van der Waals surface area contributed by atoms with E-state index in [1.165, 1.54) is 5.56 Å². The predicted octanol–water partition coefficient (Wildman–Crippen LogP) is 2.70. The highest BCUT2D eigenvalue weighted by atomic mass is 32.1. The number of aromatic amines is 1. The summed E-state index contributed by atoms with van der Waals surface area (Å²) in [7, 11) is 0. The maximum Gasteiger partial charge on any atom is 0.223 e. The van der Waals surface area contributed by atoms with Crippen molar-refractivity contribution >= 4 is 18.5 Å². The Morgan fingerprint density at radius 2 is 1.86 bits per heavy atom. The molecule has 1 heterocycles. The number of benzene rings is 2. The lowest BCUT2D eigenvalue weighted by molar-refractivity contribution is -0.123. The fourth-order valence-corrected chi connectivity index (χ4v) is 3.09. The normalized spacial score (nSPS) is 11.9. The summed E-state index contributed by atoms with van der Waals surface area (Å²) < 4.78 is 0. The second kappa shape index (κ2) is 10.7. The van der Waals surface area contributed by atoms with Gasteiger partial charge in [-0.25, -0.2) is 0 Å². The molecule has 0 aliphatic carbocycles. The van der Waals surface area contributed by atoms with Crippen molar-refractivity contribution in [3.8, 4) is 22.5 Å². The standard InChI is InChI=1S/C21H26N6OS/c1-15(14-29)21(28)23-12-4-11-22-13-16-7-9-17(10-8-16)18-5-2-3-6-19(18)20-24-26-27-25-20/h2-3,5-10,15,22,29H,4,11-14H2,1H3,(H,23,28)(H,24,25,26,27)/t15-/m1/s1. The van der Waals surface area contributed by atoms with E-state index in [2.05, 4.69) is 74.2 Å². The van der Waals surface area contributed by atoms with Crippen LogP contribution < -0.4 is 10.6 Å². The molecule has 7 nitrogen and oxygen atoms in total. The Morgan fingerprint density at radius 3 is 2.55 bits per heavy atom. The smallest absolute Gasteiger partial charge is 0.223 e. The molecule has 0 unspecified atom stereocenters. The number of carbonyl (C=O) groups excluding carboxylic acids is 1. The van der Waals surface area contributed by atoms with E-state index in [1.807, 2.05) is 25.1 Å². The highest BCUT2D eigenvalue weighted by molar-refractivity contribution is 7.80. The molecule has 152 valence electrons. The number of hydrogen-bond acceptors (Lipinski definition) is 6. The molecule has 3 aromatic rings. The van der Waals surface area contributed by atoms with Crippen molar-refractivity contribution in [1.29, 1.82) is 0 Å². The topological polar surface area (TPSA) is 95.6 Å². The average molecular weight is 411 g/mol. The Balaban J connectivity index is 1.49. The number of aromatic nitrogens is 4. The van der Waals surface area contributed by atoms with Crippen molar-refractivity contribution in [2.45, 2.75) is 19.9 Å². The lowest BCUT2D eigenvalue weighted by atomic mass is 9.98. The van der Waals surface area contributed by atoms with Crippen LogP contribution in [-0.4, -0.2) is 45.4 Å². The largest absolute Gasteiger partial charge is 0.356 e. The molecule has 0 radical (unpaired) electrons. The molecule has 8 heteroatoms. The van der Waals surface area contributed by atoms with E-state index in [0.717, 1.165) is 36.2 Å². The predicted molar refractivity (Wildman–Crippen MR) is 117 cm³/mol. The molecular weight excluding hydrogens is 384 g/mol. The number of hydrogen-bond donors (Lipinski definition) is 4. The van der Waals surface area contributed by atoms with Crippen LogP contribution in [-0.2, 0) is 11.3 Å². The zero-order chi connectivity index (χ0) is 20.5. The van der Waals surface area contributed by atoms with Gasteiger partial charge in [-0.3, -0.25) is 4.79 Å². The number of carbonyl (C=O) groups is 1. The minimum absolute atomic E-state index is 0.0463. The molecule has 0 bridgehead atoms. The molecule has 29 heavy (non-hydrogen) atoms. The fourth-order valence-electron chi connectivity index (χ4n) is 2.92. The first-order chi connectivity index (χ1) is 14.2. The first-order valence-corrected chi connectivity index (χ1v) is 10.3. The maximum atomic E-state index is 11.7. The third-order valence-electron chi connectivity index (χ3n) is 4.66. The van der Waals surface area contributed by atoms with Gasteiger partial charge < -0.3 is 10.6 Å². The van der Waals surface area contributed by atoms with E-state index in [-0.39, 0.29) is 11.8 Å². The summed E-state index contributed by atoms with van der Waals surface area (Å²) in [5.41, 5.74) is 4.33. The molecule has 1 aromatic heterocycles. The van der Waals surface area contributed by atoms with E-state index < -0.39 is 0 Å². The van der Waals surface area contributed by atoms with Crippen molar-refractivity contribution in [2.24, 2.45) is 5.92 Å². The Morgan fingerprint density at radius 1 is 1.10 bits per heavy atom. The van der Waals surface area contributed by atoms with Gasteiger partial charge in [-0.15, -0.1) is 10.2 Å². The van der Waals surface area contributed by atoms with Gasteiger partial charge >= 0.3 is 0 Å². The molecule has 3 rings (SSSR count). The van der Waals surface area contributed by atoms with Crippen LogP contribution in [0.1, 0.15) is 18.9 Å². The highest BCUT2D eigenvalue weighted by Gasteiger charge is 2.11. The van der Waals surface area contributed by atoms with Gasteiger partial charge in [-0.05, 0) is 34.9 Å². The second-order valence-corrected chi connectivity index (χ2v) is 7.25. The van der Waals surface area contributed by atoms with E-state index in [9.17, 15) is 4.79 Å². The molecule has 0 aliphatic rings. The number of H-pyrrole nitrogens is 1. The molecule has 2 aromatic carbocycles. The van der Waals surface area contributed by atoms with Gasteiger partial charge in [0.15, 0.2) is 0 Å². The number of nitrogens with zero attached hydrogens (tertiary/aromatic N) is 3. The van der Waals surface area contributed by atoms with Crippen LogP contribution in [0.2, 0.25) is 0 Å². The van der Waals surface area contributed by atoms with E-state index >= 15 is 0 Å². The van der Waals surface area contributed by atoms with Crippen molar-refractivity contribution in [1.82, 2.24) is 31.3 Å². The van der Waals surface area contributed by atoms with Crippen LogP contribution in [0.4, 0.5) is 0 Å². The lowest BCUT2D eigenvalue weighted by Gasteiger charge is -2.10. The Bertz CT molecular complexity index is 898. The molecule has 3 N–H and O–H groups in total. The molecule has 1 amide bonds. The number of amides is 1. The van der Waals surface area contributed by atoms with Crippen LogP contribution in [0, 0.1) is 5.92 Å². The molecule has 1 atom stereocenters. The minimum Gasteiger partial charge on any atom is -0.356 e. The van der Waals surface area contributed by atoms with Crippen molar-refractivity contribution in [3.05, 3.63) is 54.1 Å². The number of thiol groups is 1. The monoisotopic (exact) mass is 410 g/mol. The molecular formula is C21H26N6OS. The first kappa shape index (κ1) is 21.0. The van der Waals surface area contributed by atoms with Gasteiger partial charge in [0.2, 0.25) is 11.7 Å². The Kier molecular flexibility index (Phi) is 7.77. The summed E-state index contributed by atoms with van der Waals surface area (Å²) in [6.45, 7) is 4.19. The Hall–Kier alpha value is -2.71. The number of tetrazole rings is 1. The first-order valence-electron chi connectivity index (χ1n) is 9.70. The van der Waals surface area contributed by atoms with E-state index in [0.29, 0.717) is 18.1 Å². The molecule has 0 spiro atoms. The van der Waals surface area contributed by atoms with Crippen molar-refractivity contribution in [2.75, 3.05) is 18.8 Å². The average Bonchev–Trinajstić information content (AvgIpc) is 3.30. The minimum atomic E-state index is -0.0463. The van der Waals surface area contributed by atoms with Crippen LogP contribution in [0.15, 0.2) is 48.5 Å². The van der Waals surface area contributed by atoms with Gasteiger partial charge in [0.05, 0.1) is 0 Å². The molecule has 0 fully saturated rings. The summed E-state index contributed by atoms with van der Waals surface area (Å²) in [6, 6.07) is 16.5.